The van der Waals surface area contributed by atoms with E-state index in [0.717, 1.165) is 11.1 Å². The highest BCUT2D eigenvalue weighted by Crippen LogP contribution is 2.51. The normalized spacial score (nSPS) is 35.2. The molecule has 210 valence electrons. The molecule has 2 heterocycles. The zero-order chi connectivity index (χ0) is 27.8. The Hall–Kier alpha value is -3.02. The zero-order valence-electron chi connectivity index (χ0n) is 22.3. The molecule has 10 heteroatoms. The molecule has 7 atom stereocenters. The minimum Gasteiger partial charge on any atom is -0.454 e. The summed E-state index contributed by atoms with van der Waals surface area (Å²) in [7, 11) is 0. The number of carbonyl (C=O) groups is 2. The van der Waals surface area contributed by atoms with E-state index in [9.17, 15) is 19.8 Å². The lowest BCUT2D eigenvalue weighted by molar-refractivity contribution is -0.280. The summed E-state index contributed by atoms with van der Waals surface area (Å²) in [5.74, 6) is -2.65. The quantitative estimate of drug-likeness (QED) is 0.392. The van der Waals surface area contributed by atoms with Gasteiger partial charge in [-0.05, 0) is 38.3 Å². The molecule has 3 fully saturated rings. The van der Waals surface area contributed by atoms with Gasteiger partial charge in [0, 0.05) is 12.5 Å². The second kappa shape index (κ2) is 10.5. The molecule has 1 unspecified atom stereocenters. The van der Waals surface area contributed by atoms with Gasteiger partial charge in [0.25, 0.3) is 0 Å². The summed E-state index contributed by atoms with van der Waals surface area (Å²) in [6.45, 7) is 5.55. The first-order valence-corrected chi connectivity index (χ1v) is 13.2. The van der Waals surface area contributed by atoms with Crippen LogP contribution in [-0.2, 0) is 36.9 Å². The van der Waals surface area contributed by atoms with E-state index >= 15 is 0 Å². The van der Waals surface area contributed by atoms with Crippen molar-refractivity contribution in [3.05, 3.63) is 71.8 Å². The lowest BCUT2D eigenvalue weighted by Crippen LogP contribution is -2.83. The van der Waals surface area contributed by atoms with Crippen LogP contribution in [0.4, 0.5) is 4.79 Å². The van der Waals surface area contributed by atoms with Gasteiger partial charge in [0.05, 0.1) is 19.3 Å². The average molecular weight is 541 g/mol. The predicted octanol–water partition coefficient (Wildman–Crippen LogP) is 2.02. The number of benzene rings is 2. The standard InChI is InChI=1S/C29H36N2O8/c1-27(2)37-17-21(39-27)20-14-28(3,35)23-24(36-16-19-12-8-5-9-13-19)29(20,22(32)25(33)38-23)31-26(34)30-15-18-10-6-4-7-11-18/h4-13,20-24,32,35H,14-17H2,1-3H3,(H2,30,31,34)/t20-,21-,22-,23+,24?,28+,29+/m1/s1. The molecule has 1 aliphatic carbocycles. The van der Waals surface area contributed by atoms with Crippen LogP contribution in [0, 0.1) is 5.92 Å². The summed E-state index contributed by atoms with van der Waals surface area (Å²) in [6, 6.07) is 18.1. The van der Waals surface area contributed by atoms with E-state index in [0.29, 0.717) is 0 Å². The number of rotatable bonds is 7. The fourth-order valence-electron chi connectivity index (χ4n) is 6.04. The van der Waals surface area contributed by atoms with Gasteiger partial charge in [0.2, 0.25) is 0 Å². The highest BCUT2D eigenvalue weighted by atomic mass is 16.7. The van der Waals surface area contributed by atoms with Crippen LogP contribution in [0.25, 0.3) is 0 Å². The van der Waals surface area contributed by atoms with Gasteiger partial charge in [-0.15, -0.1) is 0 Å². The molecule has 1 saturated carbocycles. The molecule has 2 aliphatic heterocycles. The number of ether oxygens (including phenoxy) is 4. The number of carbonyl (C=O) groups excluding carboxylic acids is 2. The summed E-state index contributed by atoms with van der Waals surface area (Å²) >= 11 is 0. The summed E-state index contributed by atoms with van der Waals surface area (Å²) in [5.41, 5.74) is -1.51. The Kier molecular flexibility index (Phi) is 7.43. The number of amides is 2. The SMILES string of the molecule is CC1(C)OC[C@H]([C@H]2C[C@](C)(O)[C@H]3OC(=O)[C@@H](O)[C@]2(NC(=O)NCc2ccccc2)C3OCc2ccccc2)O1. The van der Waals surface area contributed by atoms with Crippen LogP contribution in [-0.4, -0.2) is 70.2 Å². The Morgan fingerprint density at radius 1 is 1.05 bits per heavy atom. The second-order valence-corrected chi connectivity index (χ2v) is 11.2. The average Bonchev–Trinajstić information content (AvgIpc) is 3.28. The van der Waals surface area contributed by atoms with E-state index in [-0.39, 0.29) is 26.2 Å². The van der Waals surface area contributed by atoms with Crippen molar-refractivity contribution in [1.29, 1.82) is 0 Å². The van der Waals surface area contributed by atoms with Crippen molar-refractivity contribution in [3.63, 3.8) is 0 Å². The molecule has 2 saturated heterocycles. The Labute approximate surface area is 227 Å². The van der Waals surface area contributed by atoms with Crippen molar-refractivity contribution >= 4 is 12.0 Å². The molecule has 0 aromatic heterocycles. The maximum atomic E-state index is 13.4. The Morgan fingerprint density at radius 2 is 1.69 bits per heavy atom. The third kappa shape index (κ3) is 5.39. The largest absolute Gasteiger partial charge is 0.454 e. The van der Waals surface area contributed by atoms with E-state index in [2.05, 4.69) is 10.6 Å². The maximum Gasteiger partial charge on any atom is 0.338 e. The molecular formula is C29H36N2O8. The van der Waals surface area contributed by atoms with Crippen LogP contribution in [0.1, 0.15) is 38.3 Å². The number of nitrogens with one attached hydrogen (secondary N) is 2. The van der Waals surface area contributed by atoms with Crippen molar-refractivity contribution in [1.82, 2.24) is 10.6 Å². The molecule has 3 aliphatic rings. The summed E-state index contributed by atoms with van der Waals surface area (Å²) < 4.78 is 23.9. The molecular weight excluding hydrogens is 504 g/mol. The minimum absolute atomic E-state index is 0.0519. The van der Waals surface area contributed by atoms with Gasteiger partial charge < -0.3 is 39.8 Å². The van der Waals surface area contributed by atoms with Crippen LogP contribution in [0.2, 0.25) is 0 Å². The van der Waals surface area contributed by atoms with Crippen LogP contribution in [0.15, 0.2) is 60.7 Å². The molecule has 2 bridgehead atoms. The van der Waals surface area contributed by atoms with Gasteiger partial charge in [-0.2, -0.15) is 0 Å². The minimum atomic E-state index is -1.79. The zero-order valence-corrected chi connectivity index (χ0v) is 22.3. The van der Waals surface area contributed by atoms with E-state index in [1.54, 1.807) is 20.8 Å². The summed E-state index contributed by atoms with van der Waals surface area (Å²) in [5, 5.41) is 28.8. The lowest BCUT2D eigenvalue weighted by Gasteiger charge is -2.60. The summed E-state index contributed by atoms with van der Waals surface area (Å²) in [4.78, 5) is 26.5. The fraction of sp³-hybridized carbons (Fsp3) is 0.517. The highest BCUT2D eigenvalue weighted by Gasteiger charge is 2.71. The van der Waals surface area contributed by atoms with Gasteiger partial charge in [-0.25, -0.2) is 9.59 Å². The second-order valence-electron chi connectivity index (χ2n) is 11.2. The predicted molar refractivity (Wildman–Crippen MR) is 139 cm³/mol. The van der Waals surface area contributed by atoms with Crippen molar-refractivity contribution in [2.75, 3.05) is 6.61 Å². The van der Waals surface area contributed by atoms with Crippen molar-refractivity contribution in [2.24, 2.45) is 5.92 Å². The first kappa shape index (κ1) is 27.5. The van der Waals surface area contributed by atoms with Crippen LogP contribution in [0.3, 0.4) is 0 Å². The van der Waals surface area contributed by atoms with E-state index in [4.69, 9.17) is 18.9 Å². The number of hydrogen-bond acceptors (Lipinski definition) is 8. The molecule has 2 aromatic carbocycles. The monoisotopic (exact) mass is 540 g/mol. The first-order chi connectivity index (χ1) is 18.5. The molecule has 39 heavy (non-hydrogen) atoms. The molecule has 0 radical (unpaired) electrons. The van der Waals surface area contributed by atoms with E-state index in [1.807, 2.05) is 60.7 Å². The van der Waals surface area contributed by atoms with E-state index < -0.39 is 59.3 Å². The molecule has 5 rings (SSSR count). The first-order valence-electron chi connectivity index (χ1n) is 13.2. The molecule has 2 amide bonds. The van der Waals surface area contributed by atoms with Gasteiger partial charge in [-0.3, -0.25) is 0 Å². The van der Waals surface area contributed by atoms with Crippen LogP contribution < -0.4 is 10.6 Å². The molecule has 10 nitrogen and oxygen atoms in total. The fourth-order valence-corrected chi connectivity index (χ4v) is 6.04. The smallest absolute Gasteiger partial charge is 0.338 e. The maximum absolute atomic E-state index is 13.4. The molecule has 0 spiro atoms. The van der Waals surface area contributed by atoms with Gasteiger partial charge in [0.1, 0.15) is 17.2 Å². The molecule has 4 N–H and O–H groups in total. The highest BCUT2D eigenvalue weighted by molar-refractivity contribution is 5.82. The number of hydrogen-bond donors (Lipinski definition) is 4. The van der Waals surface area contributed by atoms with Gasteiger partial charge >= 0.3 is 12.0 Å². The van der Waals surface area contributed by atoms with E-state index in [1.165, 1.54) is 0 Å². The van der Waals surface area contributed by atoms with Crippen molar-refractivity contribution < 1.29 is 38.7 Å². The van der Waals surface area contributed by atoms with Crippen LogP contribution in [0.5, 0.6) is 0 Å². The van der Waals surface area contributed by atoms with Crippen molar-refractivity contribution in [3.8, 4) is 0 Å². The Bertz CT molecular complexity index is 1170. The Morgan fingerprint density at radius 3 is 2.31 bits per heavy atom. The van der Waals surface area contributed by atoms with Crippen molar-refractivity contribution in [2.45, 2.75) is 81.7 Å². The molecule has 2 aromatic rings. The number of urea groups is 1. The van der Waals surface area contributed by atoms with Gasteiger partial charge in [-0.1, -0.05) is 60.7 Å². The summed E-state index contributed by atoms with van der Waals surface area (Å²) in [6.07, 6.45) is -4.65. The topological polar surface area (TPSA) is 136 Å². The lowest BCUT2D eigenvalue weighted by atomic mass is 9.58. The van der Waals surface area contributed by atoms with Crippen LogP contribution >= 0.6 is 0 Å². The number of aliphatic hydroxyl groups excluding tert-OH is 1. The third-order valence-electron chi connectivity index (χ3n) is 7.90. The number of aliphatic hydroxyl groups is 2. The van der Waals surface area contributed by atoms with Gasteiger partial charge in [0.15, 0.2) is 18.0 Å². The Balaban J connectivity index is 1.52. The number of fused-ring (bicyclic) bond motifs is 2. The third-order valence-corrected chi connectivity index (χ3v) is 7.90. The number of esters is 1.